The molecule has 0 radical (unpaired) electrons. The molecule has 96 valence electrons. The first-order chi connectivity index (χ1) is 8.77. The lowest BCUT2D eigenvalue weighted by Gasteiger charge is -2.40. The molecular weight excluding hydrogens is 222 g/mol. The van der Waals surface area contributed by atoms with Crippen LogP contribution < -0.4 is 10.6 Å². The number of hydrogen-bond acceptors (Lipinski definition) is 2. The third-order valence-electron chi connectivity index (χ3n) is 4.50. The van der Waals surface area contributed by atoms with Gasteiger partial charge in [-0.3, -0.25) is 5.41 Å². The highest BCUT2D eigenvalue weighted by Crippen LogP contribution is 2.39. The van der Waals surface area contributed by atoms with Gasteiger partial charge in [-0.2, -0.15) is 0 Å². The van der Waals surface area contributed by atoms with Crippen LogP contribution in [0, 0.1) is 11.3 Å². The Morgan fingerprint density at radius 3 is 2.78 bits per heavy atom. The SMILES string of the molecule is N=C(N)c1ccccc1N1CCCC2CCCC21. The summed E-state index contributed by atoms with van der Waals surface area (Å²) in [7, 11) is 0. The molecule has 1 heterocycles. The molecule has 1 saturated carbocycles. The molecule has 1 aromatic carbocycles. The van der Waals surface area contributed by atoms with E-state index < -0.39 is 0 Å². The Labute approximate surface area is 108 Å². The minimum absolute atomic E-state index is 0.186. The molecule has 3 N–H and O–H groups in total. The number of benzene rings is 1. The first-order valence-corrected chi connectivity index (χ1v) is 6.97. The molecule has 2 fully saturated rings. The van der Waals surface area contributed by atoms with E-state index in [2.05, 4.69) is 17.0 Å². The predicted octanol–water partition coefficient (Wildman–Crippen LogP) is 2.74. The summed E-state index contributed by atoms with van der Waals surface area (Å²) in [5.74, 6) is 1.05. The van der Waals surface area contributed by atoms with Crippen molar-refractivity contribution in [2.24, 2.45) is 11.7 Å². The van der Waals surface area contributed by atoms with Crippen LogP contribution in [0.1, 0.15) is 37.7 Å². The highest BCUT2D eigenvalue weighted by atomic mass is 15.2. The van der Waals surface area contributed by atoms with Crippen LogP contribution in [0.5, 0.6) is 0 Å². The summed E-state index contributed by atoms with van der Waals surface area (Å²) in [5.41, 5.74) is 7.78. The number of para-hydroxylation sites is 1. The van der Waals surface area contributed by atoms with E-state index >= 15 is 0 Å². The van der Waals surface area contributed by atoms with Crippen LogP contribution in [0.4, 0.5) is 5.69 Å². The first-order valence-electron chi connectivity index (χ1n) is 6.97. The van der Waals surface area contributed by atoms with Gasteiger partial charge in [0.15, 0.2) is 0 Å². The Morgan fingerprint density at radius 2 is 1.94 bits per heavy atom. The minimum Gasteiger partial charge on any atom is -0.384 e. The number of nitrogen functional groups attached to an aromatic ring is 1. The quantitative estimate of drug-likeness (QED) is 0.620. The Morgan fingerprint density at radius 1 is 1.17 bits per heavy atom. The number of fused-ring (bicyclic) bond motifs is 1. The van der Waals surface area contributed by atoms with Crippen LogP contribution >= 0.6 is 0 Å². The molecule has 3 rings (SSSR count). The van der Waals surface area contributed by atoms with Gasteiger partial charge in [0.2, 0.25) is 0 Å². The highest BCUT2D eigenvalue weighted by molar-refractivity contribution is 6.00. The average molecular weight is 243 g/mol. The first kappa shape index (κ1) is 11.6. The van der Waals surface area contributed by atoms with Crippen LogP contribution in [-0.4, -0.2) is 18.4 Å². The van der Waals surface area contributed by atoms with Crippen molar-refractivity contribution < 1.29 is 0 Å². The van der Waals surface area contributed by atoms with Gasteiger partial charge in [0, 0.05) is 23.8 Å². The van der Waals surface area contributed by atoms with Gasteiger partial charge < -0.3 is 10.6 Å². The molecule has 3 heteroatoms. The summed E-state index contributed by atoms with van der Waals surface area (Å²) in [6.45, 7) is 1.12. The van der Waals surface area contributed by atoms with E-state index in [-0.39, 0.29) is 5.84 Å². The van der Waals surface area contributed by atoms with Gasteiger partial charge in [-0.25, -0.2) is 0 Å². The number of nitrogens with zero attached hydrogens (tertiary/aromatic N) is 1. The lowest BCUT2D eigenvalue weighted by atomic mass is 9.91. The van der Waals surface area contributed by atoms with Gasteiger partial charge >= 0.3 is 0 Å². The van der Waals surface area contributed by atoms with Crippen LogP contribution in [0.3, 0.4) is 0 Å². The van der Waals surface area contributed by atoms with Gasteiger partial charge in [0.1, 0.15) is 5.84 Å². The maximum Gasteiger partial charge on any atom is 0.124 e. The Kier molecular flexibility index (Phi) is 2.98. The molecule has 18 heavy (non-hydrogen) atoms. The molecule has 2 unspecified atom stereocenters. The number of amidine groups is 1. The van der Waals surface area contributed by atoms with Gasteiger partial charge in [0.25, 0.3) is 0 Å². The zero-order valence-electron chi connectivity index (χ0n) is 10.7. The third kappa shape index (κ3) is 1.88. The van der Waals surface area contributed by atoms with Crippen molar-refractivity contribution in [1.82, 2.24) is 0 Å². The van der Waals surface area contributed by atoms with Crippen LogP contribution in [0.2, 0.25) is 0 Å². The molecule has 0 amide bonds. The Balaban J connectivity index is 1.96. The second-order valence-corrected chi connectivity index (χ2v) is 5.52. The fourth-order valence-electron chi connectivity index (χ4n) is 3.70. The Hall–Kier alpha value is -1.51. The molecule has 0 spiro atoms. The summed E-state index contributed by atoms with van der Waals surface area (Å²) >= 11 is 0. The molecule has 3 nitrogen and oxygen atoms in total. The van der Waals surface area contributed by atoms with Crippen molar-refractivity contribution in [3.05, 3.63) is 29.8 Å². The van der Waals surface area contributed by atoms with E-state index in [0.717, 1.165) is 18.0 Å². The predicted molar refractivity (Wildman–Crippen MR) is 75.2 cm³/mol. The zero-order valence-corrected chi connectivity index (χ0v) is 10.7. The highest BCUT2D eigenvalue weighted by Gasteiger charge is 2.35. The average Bonchev–Trinajstić information content (AvgIpc) is 2.86. The largest absolute Gasteiger partial charge is 0.384 e. The fraction of sp³-hybridized carbons (Fsp3) is 0.533. The van der Waals surface area contributed by atoms with E-state index in [4.69, 9.17) is 11.1 Å². The van der Waals surface area contributed by atoms with Crippen molar-refractivity contribution in [2.75, 3.05) is 11.4 Å². The van der Waals surface area contributed by atoms with Gasteiger partial charge in [-0.15, -0.1) is 0 Å². The molecule has 1 aromatic rings. The molecule has 2 aliphatic rings. The number of anilines is 1. The summed E-state index contributed by atoms with van der Waals surface area (Å²) < 4.78 is 0. The van der Waals surface area contributed by atoms with Crippen LogP contribution in [0.15, 0.2) is 24.3 Å². The van der Waals surface area contributed by atoms with Gasteiger partial charge in [0.05, 0.1) is 0 Å². The van der Waals surface area contributed by atoms with E-state index in [1.54, 1.807) is 0 Å². The maximum absolute atomic E-state index is 7.73. The van der Waals surface area contributed by atoms with E-state index in [9.17, 15) is 0 Å². The summed E-state index contributed by atoms with van der Waals surface area (Å²) in [4.78, 5) is 2.51. The van der Waals surface area contributed by atoms with Crippen molar-refractivity contribution in [3.8, 4) is 0 Å². The zero-order chi connectivity index (χ0) is 12.5. The second-order valence-electron chi connectivity index (χ2n) is 5.52. The molecule has 2 atom stereocenters. The second kappa shape index (κ2) is 4.63. The molecule has 0 bridgehead atoms. The molecule has 1 saturated heterocycles. The molecule has 0 aromatic heterocycles. The standard InChI is InChI=1S/C15H21N3/c16-15(17)12-7-1-2-8-14(12)18-10-4-6-11-5-3-9-13(11)18/h1-2,7-8,11,13H,3-6,9-10H2,(H3,16,17). The van der Waals surface area contributed by atoms with Crippen LogP contribution in [-0.2, 0) is 0 Å². The fourth-order valence-corrected chi connectivity index (χ4v) is 3.70. The number of nitrogens with one attached hydrogen (secondary N) is 1. The van der Waals surface area contributed by atoms with Gasteiger partial charge in [-0.1, -0.05) is 18.6 Å². The van der Waals surface area contributed by atoms with E-state index in [1.807, 2.05) is 12.1 Å². The molecule has 1 aliphatic carbocycles. The number of piperidine rings is 1. The third-order valence-corrected chi connectivity index (χ3v) is 4.50. The lowest BCUT2D eigenvalue weighted by molar-refractivity contribution is 0.362. The van der Waals surface area contributed by atoms with E-state index in [0.29, 0.717) is 6.04 Å². The van der Waals surface area contributed by atoms with Crippen molar-refractivity contribution >= 4 is 11.5 Å². The number of rotatable bonds is 2. The lowest BCUT2D eigenvalue weighted by Crippen LogP contribution is -2.43. The van der Waals surface area contributed by atoms with E-state index in [1.165, 1.54) is 37.8 Å². The monoisotopic (exact) mass is 243 g/mol. The van der Waals surface area contributed by atoms with Crippen molar-refractivity contribution in [1.29, 1.82) is 5.41 Å². The normalized spacial score (nSPS) is 27.0. The smallest absolute Gasteiger partial charge is 0.124 e. The Bertz CT molecular complexity index is 455. The van der Waals surface area contributed by atoms with Crippen molar-refractivity contribution in [3.63, 3.8) is 0 Å². The molecular formula is C15H21N3. The molecule has 1 aliphatic heterocycles. The van der Waals surface area contributed by atoms with Gasteiger partial charge in [-0.05, 0) is 43.7 Å². The topological polar surface area (TPSA) is 53.1 Å². The maximum atomic E-state index is 7.73. The summed E-state index contributed by atoms with van der Waals surface area (Å²) in [6, 6.07) is 8.80. The number of nitrogens with two attached hydrogens (primary N) is 1. The summed E-state index contributed by atoms with van der Waals surface area (Å²) in [6.07, 6.45) is 6.69. The number of hydrogen-bond donors (Lipinski definition) is 2. The van der Waals surface area contributed by atoms with Crippen molar-refractivity contribution in [2.45, 2.75) is 38.1 Å². The summed E-state index contributed by atoms with van der Waals surface area (Å²) in [5, 5.41) is 7.73. The van der Waals surface area contributed by atoms with Crippen LogP contribution in [0.25, 0.3) is 0 Å². The minimum atomic E-state index is 0.186.